The molecule has 1 fully saturated rings. The summed E-state index contributed by atoms with van der Waals surface area (Å²) in [6.45, 7) is 1.05. The van der Waals surface area contributed by atoms with E-state index < -0.39 is 42.5 Å². The Kier molecular flexibility index (Phi) is 3.16. The van der Waals surface area contributed by atoms with E-state index in [0.29, 0.717) is 11.3 Å². The molecule has 1 saturated heterocycles. The molecule has 0 amide bonds. The summed E-state index contributed by atoms with van der Waals surface area (Å²) in [6.07, 6.45) is -0.430. The Morgan fingerprint density at radius 2 is 2.18 bits per heavy atom. The standard InChI is InChI=1S/C14H16F3N3O2/c1-13(18)19-10-4-9(15)7(12(21)22-2)3-8(10)11-5-14(16,17)6-20(11)13/h3-4,11,19H,5-6,18H2,1-2H3/t11-,13?/m1/s1. The number of ether oxygens (including phenoxy) is 1. The van der Waals surface area contributed by atoms with Gasteiger partial charge in [0.1, 0.15) is 11.6 Å². The number of carbonyl (C=O) groups excluding carboxylic acids is 1. The molecule has 1 aromatic rings. The van der Waals surface area contributed by atoms with Gasteiger partial charge < -0.3 is 10.1 Å². The zero-order chi connectivity index (χ0) is 16.3. The topological polar surface area (TPSA) is 67.6 Å². The van der Waals surface area contributed by atoms with E-state index in [9.17, 15) is 18.0 Å². The maximum Gasteiger partial charge on any atom is 0.340 e. The Labute approximate surface area is 125 Å². The third-order valence-electron chi connectivity index (χ3n) is 4.16. The molecule has 120 valence electrons. The molecule has 22 heavy (non-hydrogen) atoms. The highest BCUT2D eigenvalue weighted by Crippen LogP contribution is 2.49. The van der Waals surface area contributed by atoms with Gasteiger partial charge >= 0.3 is 5.97 Å². The molecule has 3 rings (SSSR count). The molecule has 2 heterocycles. The smallest absolute Gasteiger partial charge is 0.340 e. The number of rotatable bonds is 1. The second-order valence-electron chi connectivity index (χ2n) is 5.89. The zero-order valence-corrected chi connectivity index (χ0v) is 12.1. The van der Waals surface area contributed by atoms with Crippen LogP contribution < -0.4 is 11.1 Å². The lowest BCUT2D eigenvalue weighted by Gasteiger charge is -2.45. The van der Waals surface area contributed by atoms with E-state index in [1.54, 1.807) is 6.92 Å². The van der Waals surface area contributed by atoms with Crippen molar-refractivity contribution in [3.05, 3.63) is 29.1 Å². The summed E-state index contributed by atoms with van der Waals surface area (Å²) in [5, 5.41) is 2.85. The quantitative estimate of drug-likeness (QED) is 0.777. The van der Waals surface area contributed by atoms with Gasteiger partial charge in [-0.1, -0.05) is 0 Å². The van der Waals surface area contributed by atoms with Gasteiger partial charge in [0.15, 0.2) is 0 Å². The van der Waals surface area contributed by atoms with Crippen LogP contribution in [0, 0.1) is 5.82 Å². The molecule has 0 spiro atoms. The van der Waals surface area contributed by atoms with Gasteiger partial charge in [-0.2, -0.15) is 0 Å². The number of halogens is 3. The molecule has 0 aromatic heterocycles. The van der Waals surface area contributed by atoms with Crippen LogP contribution in [0.15, 0.2) is 12.1 Å². The van der Waals surface area contributed by atoms with E-state index in [0.717, 1.165) is 13.2 Å². The third kappa shape index (κ3) is 2.22. The van der Waals surface area contributed by atoms with Crippen LogP contribution in [0.5, 0.6) is 0 Å². The fraction of sp³-hybridized carbons (Fsp3) is 0.500. The van der Waals surface area contributed by atoms with Gasteiger partial charge in [0, 0.05) is 18.2 Å². The van der Waals surface area contributed by atoms with Crippen molar-refractivity contribution < 1.29 is 22.7 Å². The Bertz CT molecular complexity index is 648. The monoisotopic (exact) mass is 315 g/mol. The van der Waals surface area contributed by atoms with Crippen molar-refractivity contribution in [2.24, 2.45) is 5.73 Å². The number of fused-ring (bicyclic) bond motifs is 3. The van der Waals surface area contributed by atoms with E-state index in [-0.39, 0.29) is 5.56 Å². The van der Waals surface area contributed by atoms with E-state index in [1.807, 2.05) is 0 Å². The van der Waals surface area contributed by atoms with Gasteiger partial charge in [-0.25, -0.2) is 18.0 Å². The maximum absolute atomic E-state index is 14.0. The van der Waals surface area contributed by atoms with Crippen LogP contribution in [0.25, 0.3) is 0 Å². The van der Waals surface area contributed by atoms with Crippen LogP contribution >= 0.6 is 0 Å². The van der Waals surface area contributed by atoms with Crippen LogP contribution in [0.3, 0.4) is 0 Å². The second kappa shape index (κ2) is 4.60. The summed E-state index contributed by atoms with van der Waals surface area (Å²) in [6, 6.07) is 1.67. The highest BCUT2D eigenvalue weighted by Gasteiger charge is 2.53. The van der Waals surface area contributed by atoms with Crippen LogP contribution in [0.4, 0.5) is 18.9 Å². The molecule has 3 N–H and O–H groups in total. The van der Waals surface area contributed by atoms with E-state index >= 15 is 0 Å². The number of esters is 1. The fourth-order valence-electron chi connectivity index (χ4n) is 3.17. The van der Waals surface area contributed by atoms with Crippen molar-refractivity contribution in [2.45, 2.75) is 31.1 Å². The number of alkyl halides is 2. The highest BCUT2D eigenvalue weighted by molar-refractivity contribution is 5.90. The number of methoxy groups -OCH3 is 1. The summed E-state index contributed by atoms with van der Waals surface area (Å²) in [7, 11) is 1.13. The number of nitrogens with one attached hydrogen (secondary N) is 1. The molecule has 0 aliphatic carbocycles. The molecule has 5 nitrogen and oxygen atoms in total. The average molecular weight is 315 g/mol. The van der Waals surface area contributed by atoms with E-state index in [1.165, 1.54) is 11.0 Å². The lowest BCUT2D eigenvalue weighted by atomic mass is 9.95. The molecule has 1 unspecified atom stereocenters. The summed E-state index contributed by atoms with van der Waals surface area (Å²) in [5.74, 6) is -5.75. The SMILES string of the molecule is COC(=O)c1cc2c(cc1F)NC(C)(N)N1CC(F)(F)C[C@H]21. The summed E-state index contributed by atoms with van der Waals surface area (Å²) < 4.78 is 46.1. The maximum atomic E-state index is 14.0. The Balaban J connectivity index is 2.13. The summed E-state index contributed by atoms with van der Waals surface area (Å²) in [5.41, 5.74) is 6.49. The number of nitrogens with zero attached hydrogens (tertiary/aromatic N) is 1. The fourth-order valence-corrected chi connectivity index (χ4v) is 3.17. The Hall–Kier alpha value is -1.80. The summed E-state index contributed by atoms with van der Waals surface area (Å²) >= 11 is 0. The number of anilines is 1. The molecular formula is C14H16F3N3O2. The molecule has 8 heteroatoms. The van der Waals surface area contributed by atoms with E-state index in [4.69, 9.17) is 5.73 Å². The van der Waals surface area contributed by atoms with E-state index in [2.05, 4.69) is 10.1 Å². The van der Waals surface area contributed by atoms with Gasteiger partial charge in [0.05, 0.1) is 19.2 Å². The Morgan fingerprint density at radius 3 is 2.82 bits per heavy atom. The first kappa shape index (κ1) is 15.1. The number of nitrogens with two attached hydrogens (primary N) is 1. The molecular weight excluding hydrogens is 299 g/mol. The minimum absolute atomic E-state index is 0.279. The van der Waals surface area contributed by atoms with Crippen LogP contribution in [0.2, 0.25) is 0 Å². The van der Waals surface area contributed by atoms with Crippen molar-refractivity contribution in [1.82, 2.24) is 4.90 Å². The molecule has 2 aliphatic heterocycles. The molecule has 2 atom stereocenters. The van der Waals surface area contributed by atoms with Crippen LogP contribution in [0.1, 0.15) is 35.3 Å². The normalized spacial score (nSPS) is 29.5. The number of hydrogen-bond donors (Lipinski definition) is 2. The van der Waals surface area contributed by atoms with Crippen molar-refractivity contribution in [3.63, 3.8) is 0 Å². The number of hydrogen-bond acceptors (Lipinski definition) is 5. The van der Waals surface area contributed by atoms with Crippen molar-refractivity contribution in [1.29, 1.82) is 0 Å². The minimum Gasteiger partial charge on any atom is -0.465 e. The van der Waals surface area contributed by atoms with Gasteiger partial charge in [-0.05, 0) is 24.6 Å². The largest absolute Gasteiger partial charge is 0.465 e. The van der Waals surface area contributed by atoms with Gasteiger partial charge in [-0.3, -0.25) is 10.6 Å². The summed E-state index contributed by atoms with van der Waals surface area (Å²) in [4.78, 5) is 13.0. The highest BCUT2D eigenvalue weighted by atomic mass is 19.3. The third-order valence-corrected chi connectivity index (χ3v) is 4.16. The lowest BCUT2D eigenvalue weighted by Crippen LogP contribution is -2.61. The molecule has 0 saturated carbocycles. The molecule has 2 aliphatic rings. The predicted octanol–water partition coefficient (Wildman–Crippen LogP) is 2.05. The van der Waals surface area contributed by atoms with Crippen molar-refractivity contribution >= 4 is 11.7 Å². The van der Waals surface area contributed by atoms with Crippen molar-refractivity contribution in [3.8, 4) is 0 Å². The number of benzene rings is 1. The first-order chi connectivity index (χ1) is 10.1. The van der Waals surface area contributed by atoms with Crippen LogP contribution in [-0.4, -0.2) is 36.2 Å². The van der Waals surface area contributed by atoms with Gasteiger partial charge in [-0.15, -0.1) is 0 Å². The minimum atomic E-state index is -2.89. The second-order valence-corrected chi connectivity index (χ2v) is 5.89. The lowest BCUT2D eigenvalue weighted by molar-refractivity contribution is 0.000637. The predicted molar refractivity (Wildman–Crippen MR) is 73.0 cm³/mol. The van der Waals surface area contributed by atoms with Gasteiger partial charge in [0.25, 0.3) is 5.92 Å². The number of carbonyl (C=O) groups is 1. The zero-order valence-electron chi connectivity index (χ0n) is 12.1. The van der Waals surface area contributed by atoms with Gasteiger partial charge in [0.2, 0.25) is 0 Å². The first-order valence-electron chi connectivity index (χ1n) is 6.78. The van der Waals surface area contributed by atoms with Crippen LogP contribution in [-0.2, 0) is 4.74 Å². The molecule has 0 bridgehead atoms. The van der Waals surface area contributed by atoms with Crippen molar-refractivity contribution in [2.75, 3.05) is 19.0 Å². The average Bonchev–Trinajstić information content (AvgIpc) is 2.74. The molecule has 1 aromatic carbocycles. The Morgan fingerprint density at radius 1 is 1.50 bits per heavy atom. The first-order valence-corrected chi connectivity index (χ1v) is 6.78. The molecule has 0 radical (unpaired) electrons.